The molecule has 6 nitrogen and oxygen atoms in total. The van der Waals surface area contributed by atoms with E-state index in [2.05, 4.69) is 10.1 Å². The number of amides is 1. The molecular weight excluding hydrogens is 234 g/mol. The van der Waals surface area contributed by atoms with Crippen molar-refractivity contribution >= 4 is 23.6 Å². The Balaban J connectivity index is 4.01. The third-order valence-electron chi connectivity index (χ3n) is 1.67. The minimum Gasteiger partial charge on any atom is -0.467 e. The van der Waals surface area contributed by atoms with Crippen LogP contribution < -0.4 is 5.32 Å². The molecular formula is C9H17NO5S. The average Bonchev–Trinajstić information content (AvgIpc) is 2.25. The number of methoxy groups -OCH3 is 1. The number of hydrogen-bond acceptors (Lipinski definition) is 6. The molecule has 0 aliphatic carbocycles. The Morgan fingerprint density at radius 3 is 2.50 bits per heavy atom. The van der Waals surface area contributed by atoms with E-state index in [9.17, 15) is 9.59 Å². The van der Waals surface area contributed by atoms with Gasteiger partial charge in [-0.15, -0.1) is 0 Å². The second-order valence-electron chi connectivity index (χ2n) is 3.15. The fraction of sp³-hybridized carbons (Fsp3) is 0.778. The van der Waals surface area contributed by atoms with Crippen LogP contribution in [0.25, 0.3) is 0 Å². The van der Waals surface area contributed by atoms with Crippen LogP contribution in [0.1, 0.15) is 6.92 Å². The molecule has 0 saturated heterocycles. The van der Waals surface area contributed by atoms with Gasteiger partial charge in [0.2, 0.25) is 5.91 Å². The van der Waals surface area contributed by atoms with Crippen molar-refractivity contribution in [3.8, 4) is 0 Å². The van der Waals surface area contributed by atoms with Gasteiger partial charge in [-0.05, 0) is 0 Å². The highest BCUT2D eigenvalue weighted by atomic mass is 32.2. The molecule has 0 heterocycles. The highest BCUT2D eigenvalue weighted by Gasteiger charge is 2.20. The molecule has 1 amide bonds. The zero-order chi connectivity index (χ0) is 12.6. The summed E-state index contributed by atoms with van der Waals surface area (Å²) in [5.74, 6) is -0.257. The molecule has 0 aromatic heterocycles. The molecule has 7 heteroatoms. The Morgan fingerprint density at radius 2 is 2.06 bits per heavy atom. The number of ether oxygens (including phenoxy) is 1. The molecule has 0 aromatic carbocycles. The first kappa shape index (κ1) is 15.2. The summed E-state index contributed by atoms with van der Waals surface area (Å²) < 4.78 is 4.52. The van der Waals surface area contributed by atoms with Crippen LogP contribution in [0, 0.1) is 0 Å². The standard InChI is InChI=1S/C9H17NO5S/c1-6(12)10-8(9(14)15-2)5-16-4-7(13)3-11/h7-8,11,13H,3-5H2,1-2H3,(H,10,12). The topological polar surface area (TPSA) is 95.9 Å². The van der Waals surface area contributed by atoms with E-state index in [0.717, 1.165) is 0 Å². The van der Waals surface area contributed by atoms with Gasteiger partial charge >= 0.3 is 5.97 Å². The first-order valence-corrected chi connectivity index (χ1v) is 5.88. The van der Waals surface area contributed by atoms with Gasteiger partial charge in [-0.2, -0.15) is 11.8 Å². The highest BCUT2D eigenvalue weighted by Crippen LogP contribution is 2.06. The molecule has 0 aliphatic rings. The van der Waals surface area contributed by atoms with Gasteiger partial charge in [0.25, 0.3) is 0 Å². The third-order valence-corrected chi connectivity index (χ3v) is 2.86. The molecule has 3 N–H and O–H groups in total. The number of aliphatic hydroxyl groups is 2. The lowest BCUT2D eigenvalue weighted by molar-refractivity contribution is -0.144. The van der Waals surface area contributed by atoms with Gasteiger partial charge in [-0.1, -0.05) is 0 Å². The normalized spacial score (nSPS) is 14.0. The summed E-state index contributed by atoms with van der Waals surface area (Å²) in [6.07, 6.45) is -0.819. The van der Waals surface area contributed by atoms with Gasteiger partial charge in [0.15, 0.2) is 0 Å². The summed E-state index contributed by atoms with van der Waals surface area (Å²) in [6, 6.07) is -0.724. The van der Waals surface area contributed by atoms with Crippen LogP contribution in [0.3, 0.4) is 0 Å². The lowest BCUT2D eigenvalue weighted by Crippen LogP contribution is -2.42. The Kier molecular flexibility index (Phi) is 7.96. The van der Waals surface area contributed by atoms with Crippen LogP contribution >= 0.6 is 11.8 Å². The number of thioether (sulfide) groups is 1. The first-order valence-electron chi connectivity index (χ1n) is 4.72. The van der Waals surface area contributed by atoms with Crippen LogP contribution in [0.5, 0.6) is 0 Å². The van der Waals surface area contributed by atoms with E-state index in [0.29, 0.717) is 11.5 Å². The number of hydrogen-bond donors (Lipinski definition) is 3. The van der Waals surface area contributed by atoms with E-state index in [1.807, 2.05) is 0 Å². The van der Waals surface area contributed by atoms with Crippen molar-refractivity contribution in [2.45, 2.75) is 19.1 Å². The van der Waals surface area contributed by atoms with Gasteiger partial charge in [0.1, 0.15) is 6.04 Å². The van der Waals surface area contributed by atoms with E-state index in [1.54, 1.807) is 0 Å². The summed E-state index contributed by atoms with van der Waals surface area (Å²) in [7, 11) is 1.24. The fourth-order valence-electron chi connectivity index (χ4n) is 0.931. The van der Waals surface area contributed by atoms with Crippen molar-refractivity contribution in [1.82, 2.24) is 5.32 Å². The average molecular weight is 251 g/mol. The summed E-state index contributed by atoms with van der Waals surface area (Å²) in [5.41, 5.74) is 0. The van der Waals surface area contributed by atoms with Crippen molar-refractivity contribution in [2.75, 3.05) is 25.2 Å². The van der Waals surface area contributed by atoms with Gasteiger partial charge < -0.3 is 20.3 Å². The lowest BCUT2D eigenvalue weighted by atomic mass is 10.3. The number of carbonyl (C=O) groups is 2. The number of aliphatic hydroxyl groups excluding tert-OH is 2. The molecule has 0 fully saturated rings. The summed E-state index contributed by atoms with van der Waals surface area (Å²) in [4.78, 5) is 22.0. The van der Waals surface area contributed by atoms with E-state index in [4.69, 9.17) is 10.2 Å². The van der Waals surface area contributed by atoms with Crippen LogP contribution in [-0.4, -0.2) is 59.5 Å². The quantitative estimate of drug-likeness (QED) is 0.489. The van der Waals surface area contributed by atoms with Crippen LogP contribution in [0.15, 0.2) is 0 Å². The second kappa shape index (κ2) is 8.37. The fourth-order valence-corrected chi connectivity index (χ4v) is 1.90. The third kappa shape index (κ3) is 6.65. The second-order valence-corrected chi connectivity index (χ2v) is 4.23. The van der Waals surface area contributed by atoms with Crippen LogP contribution in [0.4, 0.5) is 0 Å². The van der Waals surface area contributed by atoms with Gasteiger partial charge in [-0.3, -0.25) is 4.79 Å². The van der Waals surface area contributed by atoms with Crippen molar-refractivity contribution in [2.24, 2.45) is 0 Å². The number of carbonyl (C=O) groups excluding carboxylic acids is 2. The Morgan fingerprint density at radius 1 is 1.44 bits per heavy atom. The molecule has 2 unspecified atom stereocenters. The van der Waals surface area contributed by atoms with Gasteiger partial charge in [0, 0.05) is 18.4 Å². The Labute approximate surface area is 98.4 Å². The molecule has 0 aliphatic heterocycles. The van der Waals surface area contributed by atoms with Crippen molar-refractivity contribution < 1.29 is 24.5 Å². The summed E-state index contributed by atoms with van der Waals surface area (Å²) in [5, 5.41) is 20.1. The molecule has 0 saturated carbocycles. The summed E-state index contributed by atoms with van der Waals surface area (Å²) in [6.45, 7) is 0.985. The zero-order valence-electron chi connectivity index (χ0n) is 9.30. The van der Waals surface area contributed by atoms with E-state index in [1.165, 1.54) is 25.8 Å². The van der Waals surface area contributed by atoms with Crippen LogP contribution in [-0.2, 0) is 14.3 Å². The summed E-state index contributed by atoms with van der Waals surface area (Å²) >= 11 is 1.25. The monoisotopic (exact) mass is 251 g/mol. The Hall–Kier alpha value is -0.790. The Bertz CT molecular complexity index is 236. The highest BCUT2D eigenvalue weighted by molar-refractivity contribution is 7.99. The molecule has 94 valence electrons. The minimum atomic E-state index is -0.819. The number of nitrogens with one attached hydrogen (secondary N) is 1. The number of rotatable bonds is 7. The van der Waals surface area contributed by atoms with Crippen LogP contribution in [0.2, 0.25) is 0 Å². The number of esters is 1. The van der Waals surface area contributed by atoms with E-state index < -0.39 is 18.1 Å². The maximum atomic E-state index is 11.2. The predicted molar refractivity (Wildman–Crippen MR) is 60.0 cm³/mol. The van der Waals surface area contributed by atoms with Gasteiger partial charge in [-0.25, -0.2) is 4.79 Å². The predicted octanol–water partition coefficient (Wildman–Crippen LogP) is -1.25. The minimum absolute atomic E-state index is 0.295. The van der Waals surface area contributed by atoms with Crippen molar-refractivity contribution in [3.05, 3.63) is 0 Å². The van der Waals surface area contributed by atoms with E-state index in [-0.39, 0.29) is 12.5 Å². The molecule has 2 atom stereocenters. The maximum Gasteiger partial charge on any atom is 0.329 e. The zero-order valence-corrected chi connectivity index (χ0v) is 10.1. The molecule has 0 radical (unpaired) electrons. The SMILES string of the molecule is COC(=O)C(CSCC(O)CO)NC(C)=O. The first-order chi connectivity index (χ1) is 7.51. The molecule has 0 aromatic rings. The molecule has 0 spiro atoms. The van der Waals surface area contributed by atoms with Gasteiger partial charge in [0.05, 0.1) is 19.8 Å². The molecule has 0 bridgehead atoms. The molecule has 0 rings (SSSR count). The largest absolute Gasteiger partial charge is 0.467 e. The lowest BCUT2D eigenvalue weighted by Gasteiger charge is -2.15. The molecule has 16 heavy (non-hydrogen) atoms. The van der Waals surface area contributed by atoms with Crippen molar-refractivity contribution in [1.29, 1.82) is 0 Å². The van der Waals surface area contributed by atoms with E-state index >= 15 is 0 Å². The maximum absolute atomic E-state index is 11.2. The smallest absolute Gasteiger partial charge is 0.329 e. The van der Waals surface area contributed by atoms with Crippen molar-refractivity contribution in [3.63, 3.8) is 0 Å².